The summed E-state index contributed by atoms with van der Waals surface area (Å²) < 4.78 is 10.2. The van der Waals surface area contributed by atoms with E-state index in [0.717, 1.165) is 0 Å². The Morgan fingerprint density at radius 3 is 2.12 bits per heavy atom. The molecule has 0 heterocycles. The highest BCUT2D eigenvalue weighted by Crippen LogP contribution is 2.12. The molecule has 186 valence electrons. The first-order chi connectivity index (χ1) is 15.8. The van der Waals surface area contributed by atoms with Crippen molar-refractivity contribution in [2.75, 3.05) is 11.9 Å². The minimum Gasteiger partial charge on any atom is -0.445 e. The van der Waals surface area contributed by atoms with Gasteiger partial charge in [-0.15, -0.1) is 6.42 Å². The third kappa shape index (κ3) is 10.7. The van der Waals surface area contributed by atoms with E-state index in [1.165, 1.54) is 6.92 Å². The normalized spacial score (nSPS) is 12.5. The maximum absolute atomic E-state index is 12.7. The van der Waals surface area contributed by atoms with Crippen LogP contribution in [0.1, 0.15) is 47.1 Å². The summed E-state index contributed by atoms with van der Waals surface area (Å²) in [5.74, 6) is 1.10. The topological polar surface area (TPSA) is 135 Å². The number of hydrogen-bond acceptors (Lipinski definition) is 6. The van der Waals surface area contributed by atoms with Gasteiger partial charge in [-0.1, -0.05) is 31.9 Å². The van der Waals surface area contributed by atoms with Crippen molar-refractivity contribution in [2.45, 2.75) is 65.8 Å². The first kappa shape index (κ1) is 28.3. The van der Waals surface area contributed by atoms with E-state index in [2.05, 4.69) is 27.2 Å². The molecular formula is C24H34N4O6. The first-order valence-electron chi connectivity index (χ1n) is 10.9. The monoisotopic (exact) mass is 474 g/mol. The second-order valence-corrected chi connectivity index (χ2v) is 8.92. The molecule has 0 unspecified atom stereocenters. The molecule has 0 aliphatic rings. The second kappa shape index (κ2) is 13.1. The average Bonchev–Trinajstić information content (AvgIpc) is 2.73. The van der Waals surface area contributed by atoms with E-state index < -0.39 is 41.7 Å². The lowest BCUT2D eigenvalue weighted by atomic mass is 10.0. The number of anilines is 1. The quantitative estimate of drug-likeness (QED) is 0.406. The Hall–Kier alpha value is -3.74. The molecule has 1 aromatic carbocycles. The highest BCUT2D eigenvalue weighted by Gasteiger charge is 2.29. The lowest BCUT2D eigenvalue weighted by Gasteiger charge is -2.26. The molecule has 0 saturated carbocycles. The fraction of sp³-hybridized carbons (Fsp3) is 0.500. The van der Waals surface area contributed by atoms with Crippen molar-refractivity contribution in [3.8, 4) is 12.3 Å². The molecule has 0 aliphatic heterocycles. The van der Waals surface area contributed by atoms with E-state index in [0.29, 0.717) is 11.3 Å². The van der Waals surface area contributed by atoms with Crippen LogP contribution < -0.4 is 21.3 Å². The first-order valence-corrected chi connectivity index (χ1v) is 10.9. The Morgan fingerprint density at radius 2 is 1.59 bits per heavy atom. The van der Waals surface area contributed by atoms with Gasteiger partial charge in [0.15, 0.2) is 0 Å². The van der Waals surface area contributed by atoms with Gasteiger partial charge in [0, 0.05) is 5.69 Å². The summed E-state index contributed by atoms with van der Waals surface area (Å²) in [7, 11) is 0. The van der Waals surface area contributed by atoms with Gasteiger partial charge in [-0.3, -0.25) is 9.59 Å². The molecule has 34 heavy (non-hydrogen) atoms. The van der Waals surface area contributed by atoms with E-state index >= 15 is 0 Å². The smallest absolute Gasteiger partial charge is 0.408 e. The minimum absolute atomic E-state index is 0.0400. The fourth-order valence-electron chi connectivity index (χ4n) is 2.60. The van der Waals surface area contributed by atoms with Crippen LogP contribution in [0.5, 0.6) is 0 Å². The Labute approximate surface area is 200 Å². The number of terminal acetylenes is 1. The van der Waals surface area contributed by atoms with Crippen LogP contribution in [0.2, 0.25) is 0 Å². The lowest BCUT2D eigenvalue weighted by Crippen LogP contribution is -2.54. The minimum atomic E-state index is -0.873. The molecule has 1 aromatic rings. The highest BCUT2D eigenvalue weighted by molar-refractivity contribution is 5.98. The summed E-state index contributed by atoms with van der Waals surface area (Å²) in [5.41, 5.74) is 0.507. The third-order valence-electron chi connectivity index (χ3n) is 4.30. The van der Waals surface area contributed by atoms with Crippen molar-refractivity contribution in [3.63, 3.8) is 0 Å². The molecule has 2 atom stereocenters. The standard InChI is InChI=1S/C24H34N4O6/c1-8-13-25-22(31)33-14-17-9-11-18(12-10-17)27-20(29)16(4)26-21(30)19(15(2)3)28-23(32)34-24(5,6)7/h1,9-12,15-16,19H,13-14H2,2-7H3,(H,25,31)(H,26,30)(H,27,29)(H,28,32)/t16-,19-/m0/s1. The van der Waals surface area contributed by atoms with Crippen molar-refractivity contribution in [1.29, 1.82) is 0 Å². The molecule has 0 saturated heterocycles. The molecule has 4 amide bonds. The van der Waals surface area contributed by atoms with Crippen molar-refractivity contribution < 1.29 is 28.7 Å². The maximum Gasteiger partial charge on any atom is 0.408 e. The predicted molar refractivity (Wildman–Crippen MR) is 128 cm³/mol. The zero-order valence-corrected chi connectivity index (χ0v) is 20.5. The number of amides is 4. The molecule has 0 aliphatic carbocycles. The summed E-state index contributed by atoms with van der Waals surface area (Å²) >= 11 is 0. The SMILES string of the molecule is C#CCNC(=O)OCc1ccc(NC(=O)[C@H](C)NC(=O)[C@@H](NC(=O)OC(C)(C)C)C(C)C)cc1. The van der Waals surface area contributed by atoms with Crippen LogP contribution in [0.4, 0.5) is 15.3 Å². The number of nitrogens with one attached hydrogen (secondary N) is 4. The zero-order chi connectivity index (χ0) is 25.9. The van der Waals surface area contributed by atoms with Crippen LogP contribution in [-0.2, 0) is 25.7 Å². The van der Waals surface area contributed by atoms with Crippen molar-refractivity contribution >= 4 is 29.7 Å². The van der Waals surface area contributed by atoms with E-state index in [-0.39, 0.29) is 19.1 Å². The Morgan fingerprint density at radius 1 is 0.971 bits per heavy atom. The van der Waals surface area contributed by atoms with Crippen LogP contribution in [0, 0.1) is 18.3 Å². The summed E-state index contributed by atoms with van der Waals surface area (Å²) in [6.07, 6.45) is 3.72. The molecule has 0 bridgehead atoms. The Bertz CT molecular complexity index is 900. The predicted octanol–water partition coefficient (Wildman–Crippen LogP) is 2.54. The molecule has 10 heteroatoms. The Balaban J connectivity index is 2.61. The molecule has 1 rings (SSSR count). The number of alkyl carbamates (subject to hydrolysis) is 2. The van der Waals surface area contributed by atoms with Gasteiger partial charge in [-0.25, -0.2) is 9.59 Å². The van der Waals surface area contributed by atoms with E-state index in [9.17, 15) is 19.2 Å². The summed E-state index contributed by atoms with van der Waals surface area (Å²) in [5, 5.41) is 10.2. The van der Waals surface area contributed by atoms with Crippen LogP contribution in [0.3, 0.4) is 0 Å². The fourth-order valence-corrected chi connectivity index (χ4v) is 2.60. The van der Waals surface area contributed by atoms with Gasteiger partial charge in [0.2, 0.25) is 11.8 Å². The van der Waals surface area contributed by atoms with Crippen LogP contribution >= 0.6 is 0 Å². The lowest BCUT2D eigenvalue weighted by molar-refractivity contribution is -0.128. The number of rotatable bonds is 9. The average molecular weight is 475 g/mol. The summed E-state index contributed by atoms with van der Waals surface area (Å²) in [6.45, 7) is 10.4. The molecule has 0 spiro atoms. The molecule has 4 N–H and O–H groups in total. The van der Waals surface area contributed by atoms with Gasteiger partial charge in [0.1, 0.15) is 24.3 Å². The van der Waals surface area contributed by atoms with Gasteiger partial charge < -0.3 is 30.7 Å². The largest absolute Gasteiger partial charge is 0.445 e. The van der Waals surface area contributed by atoms with Gasteiger partial charge >= 0.3 is 12.2 Å². The van der Waals surface area contributed by atoms with E-state index in [1.807, 2.05) is 0 Å². The maximum atomic E-state index is 12.7. The zero-order valence-electron chi connectivity index (χ0n) is 20.5. The van der Waals surface area contributed by atoms with Crippen molar-refractivity contribution in [2.24, 2.45) is 5.92 Å². The third-order valence-corrected chi connectivity index (χ3v) is 4.30. The second-order valence-electron chi connectivity index (χ2n) is 8.92. The van der Waals surface area contributed by atoms with Crippen LogP contribution in [-0.4, -0.2) is 48.2 Å². The Kier molecular flexibility index (Phi) is 10.9. The van der Waals surface area contributed by atoms with Crippen LogP contribution in [0.15, 0.2) is 24.3 Å². The van der Waals surface area contributed by atoms with Crippen molar-refractivity contribution in [3.05, 3.63) is 29.8 Å². The number of hydrogen-bond donors (Lipinski definition) is 4. The van der Waals surface area contributed by atoms with Crippen molar-refractivity contribution in [1.82, 2.24) is 16.0 Å². The number of carbonyl (C=O) groups is 4. The number of ether oxygens (including phenoxy) is 2. The number of benzene rings is 1. The molecule has 0 fully saturated rings. The summed E-state index contributed by atoms with van der Waals surface area (Å²) in [6, 6.07) is 4.93. The molecule has 0 aromatic heterocycles. The van der Waals surface area contributed by atoms with Crippen LogP contribution in [0.25, 0.3) is 0 Å². The number of carbonyl (C=O) groups excluding carboxylic acids is 4. The van der Waals surface area contributed by atoms with E-state index in [1.54, 1.807) is 58.9 Å². The van der Waals surface area contributed by atoms with Gasteiger partial charge in [0.25, 0.3) is 0 Å². The van der Waals surface area contributed by atoms with E-state index in [4.69, 9.17) is 15.9 Å². The van der Waals surface area contributed by atoms with Gasteiger partial charge in [0.05, 0.1) is 6.54 Å². The highest BCUT2D eigenvalue weighted by atomic mass is 16.6. The summed E-state index contributed by atoms with van der Waals surface area (Å²) in [4.78, 5) is 48.7. The molecular weight excluding hydrogens is 440 g/mol. The van der Waals surface area contributed by atoms with Gasteiger partial charge in [-0.2, -0.15) is 0 Å². The molecule has 10 nitrogen and oxygen atoms in total. The molecule has 0 radical (unpaired) electrons. The van der Waals surface area contributed by atoms with Gasteiger partial charge in [-0.05, 0) is 51.3 Å².